The molecule has 3 nitrogen and oxygen atoms in total. The molecule has 140 valence electrons. The molecule has 0 fully saturated rings. The number of hydrogen-bond donors (Lipinski definition) is 0. The number of hydrazone groups is 1. The zero-order valence-corrected chi connectivity index (χ0v) is 16.2. The van der Waals surface area contributed by atoms with E-state index in [4.69, 9.17) is 9.84 Å². The van der Waals surface area contributed by atoms with Crippen LogP contribution in [0.3, 0.4) is 0 Å². The summed E-state index contributed by atoms with van der Waals surface area (Å²) < 4.78 is 6.44. The highest BCUT2D eigenvalue weighted by Gasteiger charge is 2.40. The molecule has 0 bridgehead atoms. The molecule has 2 heterocycles. The maximum atomic E-state index is 6.44. The van der Waals surface area contributed by atoms with Gasteiger partial charge in [-0.2, -0.15) is 5.10 Å². The highest BCUT2D eigenvalue weighted by Crippen LogP contribution is 2.47. The summed E-state index contributed by atoms with van der Waals surface area (Å²) >= 11 is 0. The summed E-state index contributed by atoms with van der Waals surface area (Å²) in [5.74, 6) is 1.48. The minimum Gasteiger partial charge on any atom is -0.464 e. The Morgan fingerprint density at radius 2 is 1.61 bits per heavy atom. The van der Waals surface area contributed by atoms with E-state index in [0.717, 1.165) is 23.4 Å². The molecular weight excluding hydrogens is 344 g/mol. The van der Waals surface area contributed by atoms with Gasteiger partial charge >= 0.3 is 0 Å². The first-order valence-corrected chi connectivity index (χ1v) is 9.97. The van der Waals surface area contributed by atoms with Crippen LogP contribution in [0, 0.1) is 0 Å². The SMILES string of the molecule is CC(C)c1ccc(C2Oc3ccccc3C3CC(c4ccccc4)=NN32)cc1. The Morgan fingerprint density at radius 3 is 2.36 bits per heavy atom. The molecule has 3 heteroatoms. The summed E-state index contributed by atoms with van der Waals surface area (Å²) in [6, 6.07) is 27.8. The Morgan fingerprint density at radius 1 is 0.893 bits per heavy atom. The Bertz CT molecular complexity index is 1010. The molecule has 0 saturated carbocycles. The van der Waals surface area contributed by atoms with Crippen molar-refractivity contribution in [1.29, 1.82) is 0 Å². The van der Waals surface area contributed by atoms with Crippen LogP contribution in [0.5, 0.6) is 5.75 Å². The number of rotatable bonds is 3. The van der Waals surface area contributed by atoms with Gasteiger partial charge in [-0.3, -0.25) is 0 Å². The molecule has 5 rings (SSSR count). The summed E-state index contributed by atoms with van der Waals surface area (Å²) in [5.41, 5.74) is 6.00. The Kier molecular flexibility index (Phi) is 4.16. The average Bonchev–Trinajstić information content (AvgIpc) is 3.20. The van der Waals surface area contributed by atoms with Gasteiger partial charge in [0.2, 0.25) is 6.23 Å². The quantitative estimate of drug-likeness (QED) is 0.562. The highest BCUT2D eigenvalue weighted by molar-refractivity contribution is 6.01. The molecule has 0 amide bonds. The number of para-hydroxylation sites is 1. The van der Waals surface area contributed by atoms with Gasteiger partial charge in [-0.25, -0.2) is 5.01 Å². The van der Waals surface area contributed by atoms with E-state index in [-0.39, 0.29) is 12.3 Å². The lowest BCUT2D eigenvalue weighted by Gasteiger charge is -2.38. The van der Waals surface area contributed by atoms with Crippen LogP contribution < -0.4 is 4.74 Å². The number of hydrogen-bond acceptors (Lipinski definition) is 3. The van der Waals surface area contributed by atoms with Crippen molar-refractivity contribution in [3.63, 3.8) is 0 Å². The second-order valence-corrected chi connectivity index (χ2v) is 7.84. The number of fused-ring (bicyclic) bond motifs is 3. The Balaban J connectivity index is 1.56. The van der Waals surface area contributed by atoms with E-state index < -0.39 is 0 Å². The Hall–Kier alpha value is -3.07. The predicted octanol–water partition coefficient (Wildman–Crippen LogP) is 6.05. The summed E-state index contributed by atoms with van der Waals surface area (Å²) in [6.45, 7) is 4.44. The number of nitrogens with zero attached hydrogens (tertiary/aromatic N) is 2. The smallest absolute Gasteiger partial charge is 0.213 e. The molecule has 2 aliphatic heterocycles. The molecule has 3 aromatic carbocycles. The second kappa shape index (κ2) is 6.83. The maximum Gasteiger partial charge on any atom is 0.213 e. The van der Waals surface area contributed by atoms with Gasteiger partial charge in [-0.1, -0.05) is 86.6 Å². The van der Waals surface area contributed by atoms with E-state index in [9.17, 15) is 0 Å². The molecule has 2 aliphatic rings. The molecule has 2 unspecified atom stereocenters. The summed E-state index contributed by atoms with van der Waals surface area (Å²) in [4.78, 5) is 0. The molecule has 28 heavy (non-hydrogen) atoms. The monoisotopic (exact) mass is 368 g/mol. The van der Waals surface area contributed by atoms with Gasteiger partial charge in [0.05, 0.1) is 11.8 Å². The normalized spacial score (nSPS) is 20.4. The predicted molar refractivity (Wildman–Crippen MR) is 113 cm³/mol. The van der Waals surface area contributed by atoms with Gasteiger partial charge < -0.3 is 4.74 Å². The molecule has 0 aromatic heterocycles. The summed E-state index contributed by atoms with van der Waals surface area (Å²) in [6.07, 6.45) is 0.688. The van der Waals surface area contributed by atoms with Crippen LogP contribution in [0.1, 0.15) is 60.7 Å². The van der Waals surface area contributed by atoms with E-state index in [0.29, 0.717) is 5.92 Å². The van der Waals surface area contributed by atoms with Crippen molar-refractivity contribution in [3.05, 3.63) is 101 Å². The van der Waals surface area contributed by atoms with E-state index in [1.54, 1.807) is 0 Å². The fourth-order valence-electron chi connectivity index (χ4n) is 4.10. The average molecular weight is 368 g/mol. The van der Waals surface area contributed by atoms with Crippen LogP contribution in [-0.2, 0) is 0 Å². The standard InChI is InChI=1S/C25H24N2O/c1-17(2)18-12-14-20(15-13-18)25-27-23(21-10-6-7-11-24(21)28-25)16-22(26-27)19-8-4-3-5-9-19/h3-15,17,23,25H,16H2,1-2H3. The molecule has 0 spiro atoms. The lowest BCUT2D eigenvalue weighted by Crippen LogP contribution is -2.33. The van der Waals surface area contributed by atoms with Crippen LogP contribution in [0.4, 0.5) is 0 Å². The fraction of sp³-hybridized carbons (Fsp3) is 0.240. The van der Waals surface area contributed by atoms with Crippen molar-refractivity contribution in [3.8, 4) is 5.75 Å². The minimum atomic E-state index is -0.206. The largest absolute Gasteiger partial charge is 0.464 e. The zero-order chi connectivity index (χ0) is 19.1. The van der Waals surface area contributed by atoms with Gasteiger partial charge in [0.25, 0.3) is 0 Å². The Labute approximate surface area is 166 Å². The van der Waals surface area contributed by atoms with E-state index in [2.05, 4.69) is 85.6 Å². The first kappa shape index (κ1) is 17.1. The van der Waals surface area contributed by atoms with Gasteiger partial charge in [0.1, 0.15) is 5.75 Å². The molecule has 0 saturated heterocycles. The topological polar surface area (TPSA) is 24.8 Å². The van der Waals surface area contributed by atoms with Crippen molar-refractivity contribution < 1.29 is 4.74 Å². The zero-order valence-electron chi connectivity index (χ0n) is 16.2. The van der Waals surface area contributed by atoms with E-state index in [1.165, 1.54) is 16.7 Å². The van der Waals surface area contributed by atoms with Crippen molar-refractivity contribution in [2.45, 2.75) is 38.5 Å². The molecule has 2 atom stereocenters. The first-order chi connectivity index (χ1) is 13.7. The molecule has 0 radical (unpaired) electrons. The van der Waals surface area contributed by atoms with Crippen molar-refractivity contribution >= 4 is 5.71 Å². The number of benzene rings is 3. The van der Waals surface area contributed by atoms with Gasteiger partial charge in [0.15, 0.2) is 0 Å². The number of ether oxygens (including phenoxy) is 1. The van der Waals surface area contributed by atoms with Crippen molar-refractivity contribution in [2.24, 2.45) is 5.10 Å². The van der Waals surface area contributed by atoms with Crippen molar-refractivity contribution in [1.82, 2.24) is 5.01 Å². The third kappa shape index (κ3) is 2.88. The van der Waals surface area contributed by atoms with Crippen LogP contribution in [0.15, 0.2) is 84.0 Å². The summed E-state index contributed by atoms with van der Waals surface area (Å²) in [7, 11) is 0. The third-order valence-electron chi connectivity index (χ3n) is 5.69. The van der Waals surface area contributed by atoms with Crippen LogP contribution >= 0.6 is 0 Å². The van der Waals surface area contributed by atoms with Crippen LogP contribution in [-0.4, -0.2) is 10.7 Å². The van der Waals surface area contributed by atoms with Gasteiger partial charge in [0, 0.05) is 17.5 Å². The van der Waals surface area contributed by atoms with E-state index in [1.807, 2.05) is 12.1 Å². The van der Waals surface area contributed by atoms with Gasteiger partial charge in [-0.05, 0) is 23.1 Å². The van der Waals surface area contributed by atoms with E-state index >= 15 is 0 Å². The second-order valence-electron chi connectivity index (χ2n) is 7.84. The lowest BCUT2D eigenvalue weighted by atomic mass is 9.95. The fourth-order valence-corrected chi connectivity index (χ4v) is 4.10. The first-order valence-electron chi connectivity index (χ1n) is 9.97. The molecular formula is C25H24N2O. The lowest BCUT2D eigenvalue weighted by molar-refractivity contribution is -0.0190. The van der Waals surface area contributed by atoms with Crippen LogP contribution in [0.25, 0.3) is 0 Å². The summed E-state index contributed by atoms with van der Waals surface area (Å²) in [5, 5.41) is 7.17. The van der Waals surface area contributed by atoms with Crippen LogP contribution in [0.2, 0.25) is 0 Å². The molecule has 0 aliphatic carbocycles. The maximum absolute atomic E-state index is 6.44. The third-order valence-corrected chi connectivity index (χ3v) is 5.69. The molecule has 3 aromatic rings. The van der Waals surface area contributed by atoms with Crippen molar-refractivity contribution in [2.75, 3.05) is 0 Å². The molecule has 0 N–H and O–H groups in total. The van der Waals surface area contributed by atoms with Gasteiger partial charge in [-0.15, -0.1) is 0 Å². The highest BCUT2D eigenvalue weighted by atomic mass is 16.5. The minimum absolute atomic E-state index is 0.204.